The number of carboxylic acid groups (broad SMARTS) is 1. The summed E-state index contributed by atoms with van der Waals surface area (Å²) in [5.41, 5.74) is 1.17. The number of hydrogen-bond acceptors (Lipinski definition) is 3. The standard InChI is InChI=1S/C15H19ClO2S2/c16-12-6-2-1-5-11(12)9-19-13-7-3-4-8-14(13)20-10-15(17)18/h1-2,5-6,13-14H,3-4,7-10H2,(H,17,18)/t13-,14-/m1/s1. The molecule has 2 atom stereocenters. The second-order valence-corrected chi connectivity index (χ2v) is 7.83. The van der Waals surface area contributed by atoms with Crippen LogP contribution in [-0.4, -0.2) is 27.3 Å². The molecule has 1 saturated carbocycles. The van der Waals surface area contributed by atoms with Crippen molar-refractivity contribution in [3.8, 4) is 0 Å². The molecule has 2 nitrogen and oxygen atoms in total. The lowest BCUT2D eigenvalue weighted by Crippen LogP contribution is -2.25. The van der Waals surface area contributed by atoms with Crippen molar-refractivity contribution in [1.29, 1.82) is 0 Å². The van der Waals surface area contributed by atoms with Crippen molar-refractivity contribution in [3.63, 3.8) is 0 Å². The van der Waals surface area contributed by atoms with Crippen molar-refractivity contribution < 1.29 is 9.90 Å². The molecule has 20 heavy (non-hydrogen) atoms. The molecular weight excluding hydrogens is 312 g/mol. The average molecular weight is 331 g/mol. The SMILES string of the molecule is O=C(O)CS[C@@H]1CCCC[C@H]1SCc1ccccc1Cl. The molecule has 0 aliphatic heterocycles. The minimum atomic E-state index is -0.713. The van der Waals surface area contributed by atoms with Gasteiger partial charge in [-0.2, -0.15) is 11.8 Å². The van der Waals surface area contributed by atoms with E-state index in [2.05, 4.69) is 6.07 Å². The molecular formula is C15H19ClO2S2. The van der Waals surface area contributed by atoms with Gasteiger partial charge in [0, 0.05) is 21.3 Å². The molecule has 5 heteroatoms. The molecule has 0 unspecified atom stereocenters. The Kier molecular flexibility index (Phi) is 6.59. The van der Waals surface area contributed by atoms with E-state index in [1.165, 1.54) is 24.8 Å². The van der Waals surface area contributed by atoms with Gasteiger partial charge < -0.3 is 5.11 Å². The Labute approximate surface area is 133 Å². The Morgan fingerprint density at radius 1 is 1.20 bits per heavy atom. The highest BCUT2D eigenvalue weighted by Crippen LogP contribution is 2.38. The third kappa shape index (κ3) is 4.90. The van der Waals surface area contributed by atoms with Gasteiger partial charge in [0.2, 0.25) is 0 Å². The minimum absolute atomic E-state index is 0.216. The summed E-state index contributed by atoms with van der Waals surface area (Å²) in [4.78, 5) is 10.7. The second kappa shape index (κ2) is 8.20. The summed E-state index contributed by atoms with van der Waals surface area (Å²) < 4.78 is 0. The summed E-state index contributed by atoms with van der Waals surface area (Å²) in [5, 5.41) is 10.7. The predicted octanol–water partition coefficient (Wildman–Crippen LogP) is 4.70. The van der Waals surface area contributed by atoms with E-state index in [0.717, 1.165) is 17.2 Å². The Hall–Kier alpha value is -0.320. The molecule has 0 bridgehead atoms. The molecule has 0 spiro atoms. The first-order valence-electron chi connectivity index (χ1n) is 6.85. The first kappa shape index (κ1) is 16.1. The monoisotopic (exact) mass is 330 g/mol. The van der Waals surface area contributed by atoms with Gasteiger partial charge in [-0.25, -0.2) is 0 Å². The normalized spacial score (nSPS) is 22.6. The molecule has 1 fully saturated rings. The highest BCUT2D eigenvalue weighted by Gasteiger charge is 2.26. The smallest absolute Gasteiger partial charge is 0.313 e. The predicted molar refractivity (Wildman–Crippen MR) is 88.9 cm³/mol. The Morgan fingerprint density at radius 2 is 1.85 bits per heavy atom. The van der Waals surface area contributed by atoms with Crippen LogP contribution in [0.2, 0.25) is 5.02 Å². The lowest BCUT2D eigenvalue weighted by atomic mass is 10.00. The van der Waals surface area contributed by atoms with Crippen LogP contribution >= 0.6 is 35.1 Å². The van der Waals surface area contributed by atoms with Gasteiger partial charge in [-0.15, -0.1) is 11.8 Å². The van der Waals surface area contributed by atoms with E-state index in [0.29, 0.717) is 10.5 Å². The van der Waals surface area contributed by atoms with Crippen LogP contribution in [0.15, 0.2) is 24.3 Å². The quantitative estimate of drug-likeness (QED) is 0.820. The minimum Gasteiger partial charge on any atom is -0.481 e. The number of carbonyl (C=O) groups is 1. The molecule has 0 saturated heterocycles. The first-order chi connectivity index (χ1) is 9.66. The third-order valence-electron chi connectivity index (χ3n) is 3.47. The van der Waals surface area contributed by atoms with Crippen LogP contribution in [0, 0.1) is 0 Å². The summed E-state index contributed by atoms with van der Waals surface area (Å²) in [5.74, 6) is 0.415. The second-order valence-electron chi connectivity index (χ2n) is 4.97. The molecule has 0 heterocycles. The Balaban J connectivity index is 1.88. The fraction of sp³-hybridized carbons (Fsp3) is 0.533. The van der Waals surface area contributed by atoms with Gasteiger partial charge in [0.05, 0.1) is 5.75 Å². The van der Waals surface area contributed by atoms with E-state index in [4.69, 9.17) is 16.7 Å². The molecule has 110 valence electrons. The van der Waals surface area contributed by atoms with Crippen molar-refractivity contribution in [2.75, 3.05) is 5.75 Å². The molecule has 0 amide bonds. The molecule has 0 aromatic heterocycles. The van der Waals surface area contributed by atoms with E-state index in [1.807, 2.05) is 30.0 Å². The van der Waals surface area contributed by atoms with Gasteiger partial charge in [-0.05, 0) is 24.5 Å². The molecule has 2 rings (SSSR count). The topological polar surface area (TPSA) is 37.3 Å². The summed E-state index contributed by atoms with van der Waals surface area (Å²) in [6.45, 7) is 0. The van der Waals surface area contributed by atoms with E-state index >= 15 is 0 Å². The fourth-order valence-electron chi connectivity index (χ4n) is 2.43. The average Bonchev–Trinajstić information content (AvgIpc) is 2.45. The van der Waals surface area contributed by atoms with Crippen molar-refractivity contribution in [2.24, 2.45) is 0 Å². The zero-order valence-electron chi connectivity index (χ0n) is 11.3. The summed E-state index contributed by atoms with van der Waals surface area (Å²) in [6, 6.07) is 7.95. The largest absolute Gasteiger partial charge is 0.481 e. The van der Waals surface area contributed by atoms with E-state index < -0.39 is 5.97 Å². The van der Waals surface area contributed by atoms with Crippen molar-refractivity contribution in [2.45, 2.75) is 41.9 Å². The maximum atomic E-state index is 10.7. The van der Waals surface area contributed by atoms with Crippen LogP contribution in [0.4, 0.5) is 0 Å². The van der Waals surface area contributed by atoms with E-state index in [1.54, 1.807) is 11.8 Å². The van der Waals surface area contributed by atoms with Crippen LogP contribution in [-0.2, 0) is 10.5 Å². The third-order valence-corrected chi connectivity index (χ3v) is 6.89. The lowest BCUT2D eigenvalue weighted by Gasteiger charge is -2.30. The van der Waals surface area contributed by atoms with Gasteiger partial charge in [0.15, 0.2) is 0 Å². The summed E-state index contributed by atoms with van der Waals surface area (Å²) in [6.07, 6.45) is 4.80. The molecule has 1 aromatic carbocycles. The van der Waals surface area contributed by atoms with Crippen LogP contribution < -0.4 is 0 Å². The molecule has 1 aromatic rings. The lowest BCUT2D eigenvalue weighted by molar-refractivity contribution is -0.133. The number of carboxylic acids is 1. The maximum Gasteiger partial charge on any atom is 0.313 e. The zero-order valence-corrected chi connectivity index (χ0v) is 13.6. The maximum absolute atomic E-state index is 10.7. The van der Waals surface area contributed by atoms with Gasteiger partial charge in [-0.1, -0.05) is 42.6 Å². The number of rotatable bonds is 6. The summed E-state index contributed by atoms with van der Waals surface area (Å²) in [7, 11) is 0. The van der Waals surface area contributed by atoms with Crippen LogP contribution in [0.1, 0.15) is 31.2 Å². The summed E-state index contributed by atoms with van der Waals surface area (Å²) >= 11 is 9.71. The van der Waals surface area contributed by atoms with E-state index in [9.17, 15) is 4.79 Å². The number of halogens is 1. The highest BCUT2D eigenvalue weighted by molar-refractivity contribution is 8.03. The molecule has 1 aliphatic rings. The van der Waals surface area contributed by atoms with Crippen molar-refractivity contribution in [1.82, 2.24) is 0 Å². The van der Waals surface area contributed by atoms with Crippen molar-refractivity contribution >= 4 is 41.1 Å². The fourth-order valence-corrected chi connectivity index (χ4v) is 5.56. The molecule has 1 N–H and O–H groups in total. The Morgan fingerprint density at radius 3 is 2.50 bits per heavy atom. The highest BCUT2D eigenvalue weighted by atomic mass is 35.5. The van der Waals surface area contributed by atoms with E-state index in [-0.39, 0.29) is 5.75 Å². The zero-order chi connectivity index (χ0) is 14.4. The number of benzene rings is 1. The number of aliphatic carboxylic acids is 1. The van der Waals surface area contributed by atoms with Gasteiger partial charge in [0.25, 0.3) is 0 Å². The van der Waals surface area contributed by atoms with Gasteiger partial charge in [0.1, 0.15) is 0 Å². The first-order valence-corrected chi connectivity index (χ1v) is 9.33. The Bertz CT molecular complexity index is 453. The van der Waals surface area contributed by atoms with Gasteiger partial charge in [-0.3, -0.25) is 4.79 Å². The molecule has 0 radical (unpaired) electrons. The van der Waals surface area contributed by atoms with Crippen LogP contribution in [0.3, 0.4) is 0 Å². The van der Waals surface area contributed by atoms with Crippen LogP contribution in [0.5, 0.6) is 0 Å². The van der Waals surface area contributed by atoms with Gasteiger partial charge >= 0.3 is 5.97 Å². The van der Waals surface area contributed by atoms with Crippen LogP contribution in [0.25, 0.3) is 0 Å². The van der Waals surface area contributed by atoms with Crippen molar-refractivity contribution in [3.05, 3.63) is 34.9 Å². The number of hydrogen-bond donors (Lipinski definition) is 1. The molecule has 1 aliphatic carbocycles. The number of thioether (sulfide) groups is 2.